The molecule has 0 aromatic heterocycles. The molecule has 6 heteroatoms. The second-order valence-corrected chi connectivity index (χ2v) is 8.56. The van der Waals surface area contributed by atoms with Crippen molar-refractivity contribution in [3.05, 3.63) is 57.6 Å². The molecule has 5 rings (SSSR count). The number of carbonyl (C=O) groups is 1. The van der Waals surface area contributed by atoms with Gasteiger partial charge in [-0.1, -0.05) is 28.1 Å². The van der Waals surface area contributed by atoms with Gasteiger partial charge >= 0.3 is 0 Å². The highest BCUT2D eigenvalue weighted by Crippen LogP contribution is 2.37. The first-order chi connectivity index (χ1) is 13.1. The second kappa shape index (κ2) is 6.93. The van der Waals surface area contributed by atoms with Crippen LogP contribution in [0.15, 0.2) is 40.9 Å². The summed E-state index contributed by atoms with van der Waals surface area (Å²) >= 11 is 3.55. The number of piperidine rings is 1. The van der Waals surface area contributed by atoms with E-state index in [9.17, 15) is 4.79 Å². The Morgan fingerprint density at radius 1 is 1.15 bits per heavy atom. The number of amides is 1. The molecule has 0 radical (unpaired) electrons. The van der Waals surface area contributed by atoms with E-state index in [1.54, 1.807) is 0 Å². The molecule has 1 N–H and O–H groups in total. The van der Waals surface area contributed by atoms with Crippen LogP contribution in [0.4, 0.5) is 5.69 Å². The summed E-state index contributed by atoms with van der Waals surface area (Å²) in [6.07, 6.45) is 2.70. The van der Waals surface area contributed by atoms with Crippen LogP contribution in [0.2, 0.25) is 0 Å². The first-order valence-electron chi connectivity index (χ1n) is 9.51. The van der Waals surface area contributed by atoms with Crippen molar-refractivity contribution in [2.24, 2.45) is 0 Å². The molecule has 0 aliphatic carbocycles. The number of nitrogens with zero attached hydrogens (tertiary/aromatic N) is 2. The summed E-state index contributed by atoms with van der Waals surface area (Å²) in [6.45, 7) is 3.98. The smallest absolute Gasteiger partial charge is 0.228 e. The van der Waals surface area contributed by atoms with Gasteiger partial charge in [-0.15, -0.1) is 5.06 Å². The molecule has 140 valence electrons. The van der Waals surface area contributed by atoms with Gasteiger partial charge in [0.25, 0.3) is 0 Å². The number of rotatable bonds is 3. The molecule has 1 amide bonds. The lowest BCUT2D eigenvalue weighted by molar-refractivity contribution is -0.115. The Balaban J connectivity index is 1.19. The highest BCUT2D eigenvalue weighted by molar-refractivity contribution is 9.10. The highest BCUT2D eigenvalue weighted by Gasteiger charge is 2.32. The van der Waals surface area contributed by atoms with Gasteiger partial charge in [-0.05, 0) is 42.2 Å². The molecule has 0 saturated carbocycles. The topological polar surface area (TPSA) is 44.8 Å². The summed E-state index contributed by atoms with van der Waals surface area (Å²) in [6, 6.07) is 13.1. The van der Waals surface area contributed by atoms with Crippen molar-refractivity contribution in [1.82, 2.24) is 9.96 Å². The van der Waals surface area contributed by atoms with Crippen LogP contribution in [-0.2, 0) is 24.3 Å². The summed E-state index contributed by atoms with van der Waals surface area (Å²) in [4.78, 5) is 20.2. The van der Waals surface area contributed by atoms with E-state index in [2.05, 4.69) is 61.5 Å². The number of halogens is 1. The van der Waals surface area contributed by atoms with Crippen LogP contribution in [0.1, 0.15) is 29.5 Å². The van der Waals surface area contributed by atoms with Crippen molar-refractivity contribution in [3.63, 3.8) is 0 Å². The number of nitrogens with one attached hydrogen (secondary N) is 1. The molecule has 0 spiro atoms. The summed E-state index contributed by atoms with van der Waals surface area (Å²) < 4.78 is 1.14. The standard InChI is InChI=1S/C21H22BrN3O2/c22-17-3-1-2-14(8-17)12-24-6-4-18(5-7-24)25-13-16-9-15-10-21(26)23-19(15)11-20(16)27-25/h1-3,8-9,11,18H,4-7,10,12-13H2,(H,23,26). The maximum atomic E-state index is 11.6. The molecule has 3 aliphatic rings. The molecule has 1 fully saturated rings. The quantitative estimate of drug-likeness (QED) is 0.810. The van der Waals surface area contributed by atoms with E-state index in [1.165, 1.54) is 11.1 Å². The Labute approximate surface area is 167 Å². The zero-order valence-corrected chi connectivity index (χ0v) is 16.7. The van der Waals surface area contributed by atoms with Gasteiger partial charge in [0.05, 0.1) is 13.0 Å². The Kier molecular flexibility index (Phi) is 4.42. The van der Waals surface area contributed by atoms with E-state index < -0.39 is 0 Å². The molecule has 3 aliphatic heterocycles. The largest absolute Gasteiger partial charge is 0.405 e. The normalized spacial score (nSPS) is 20.3. The summed E-state index contributed by atoms with van der Waals surface area (Å²) in [7, 11) is 0. The summed E-state index contributed by atoms with van der Waals surface area (Å²) in [5, 5.41) is 5.04. The fourth-order valence-electron chi connectivity index (χ4n) is 4.30. The SMILES string of the molecule is O=C1Cc2cc3c(cc2N1)ON(C1CCN(Cc2cccc(Br)c2)CC1)C3. The lowest BCUT2D eigenvalue weighted by Crippen LogP contribution is -2.44. The number of carbonyl (C=O) groups excluding carboxylic acids is 1. The zero-order valence-electron chi connectivity index (χ0n) is 15.1. The zero-order chi connectivity index (χ0) is 18.4. The number of hydrogen-bond donors (Lipinski definition) is 1. The molecule has 5 nitrogen and oxygen atoms in total. The molecule has 0 atom stereocenters. The maximum absolute atomic E-state index is 11.6. The predicted octanol–water partition coefficient (Wildman–Crippen LogP) is 3.72. The van der Waals surface area contributed by atoms with Gasteiger partial charge in [-0.2, -0.15) is 0 Å². The van der Waals surface area contributed by atoms with Crippen LogP contribution in [0.25, 0.3) is 0 Å². The third-order valence-corrected chi connectivity index (χ3v) is 6.21. The molecule has 3 heterocycles. The first-order valence-corrected chi connectivity index (χ1v) is 10.3. The van der Waals surface area contributed by atoms with Gasteiger partial charge in [0, 0.05) is 47.5 Å². The Morgan fingerprint density at radius 2 is 2.00 bits per heavy atom. The van der Waals surface area contributed by atoms with E-state index in [0.717, 1.165) is 60.5 Å². The van der Waals surface area contributed by atoms with Gasteiger partial charge in [-0.3, -0.25) is 9.69 Å². The average molecular weight is 428 g/mol. The van der Waals surface area contributed by atoms with Gasteiger partial charge < -0.3 is 10.2 Å². The van der Waals surface area contributed by atoms with Crippen molar-refractivity contribution >= 4 is 27.5 Å². The van der Waals surface area contributed by atoms with E-state index in [1.807, 2.05) is 6.07 Å². The van der Waals surface area contributed by atoms with Crippen LogP contribution in [0.3, 0.4) is 0 Å². The Morgan fingerprint density at radius 3 is 2.81 bits per heavy atom. The van der Waals surface area contributed by atoms with Gasteiger partial charge in [0.2, 0.25) is 5.91 Å². The van der Waals surface area contributed by atoms with Crippen LogP contribution in [0.5, 0.6) is 5.75 Å². The molecular formula is C21H22BrN3O2. The second-order valence-electron chi connectivity index (χ2n) is 7.65. The van der Waals surface area contributed by atoms with Crippen molar-refractivity contribution in [2.45, 2.75) is 38.4 Å². The molecular weight excluding hydrogens is 406 g/mol. The van der Waals surface area contributed by atoms with E-state index in [-0.39, 0.29) is 5.91 Å². The molecule has 2 aromatic carbocycles. The Bertz CT molecular complexity index is 856. The predicted molar refractivity (Wildman–Crippen MR) is 107 cm³/mol. The third kappa shape index (κ3) is 3.49. The summed E-state index contributed by atoms with van der Waals surface area (Å²) in [5.74, 6) is 0.968. The van der Waals surface area contributed by atoms with Gasteiger partial charge in [-0.25, -0.2) is 0 Å². The van der Waals surface area contributed by atoms with Crippen molar-refractivity contribution in [3.8, 4) is 5.75 Å². The van der Waals surface area contributed by atoms with Crippen molar-refractivity contribution in [2.75, 3.05) is 18.4 Å². The lowest BCUT2D eigenvalue weighted by Gasteiger charge is -2.35. The van der Waals surface area contributed by atoms with E-state index in [4.69, 9.17) is 4.84 Å². The molecule has 2 aromatic rings. The monoisotopic (exact) mass is 427 g/mol. The fraction of sp³-hybridized carbons (Fsp3) is 0.381. The van der Waals surface area contributed by atoms with Gasteiger partial charge in [0.15, 0.2) is 5.75 Å². The van der Waals surface area contributed by atoms with Crippen LogP contribution >= 0.6 is 15.9 Å². The minimum Gasteiger partial charge on any atom is -0.405 e. The van der Waals surface area contributed by atoms with E-state index >= 15 is 0 Å². The van der Waals surface area contributed by atoms with Gasteiger partial charge in [0.1, 0.15) is 0 Å². The molecule has 0 unspecified atom stereocenters. The molecule has 0 bridgehead atoms. The first kappa shape index (κ1) is 17.2. The fourth-order valence-corrected chi connectivity index (χ4v) is 4.75. The Hall–Kier alpha value is -1.89. The van der Waals surface area contributed by atoms with E-state index in [0.29, 0.717) is 12.5 Å². The number of anilines is 1. The van der Waals surface area contributed by atoms with Crippen LogP contribution < -0.4 is 10.2 Å². The third-order valence-electron chi connectivity index (χ3n) is 5.71. The maximum Gasteiger partial charge on any atom is 0.228 e. The van der Waals surface area contributed by atoms with Crippen LogP contribution in [-0.4, -0.2) is 35.0 Å². The molecule has 27 heavy (non-hydrogen) atoms. The van der Waals surface area contributed by atoms with Crippen molar-refractivity contribution in [1.29, 1.82) is 0 Å². The van der Waals surface area contributed by atoms with Crippen molar-refractivity contribution < 1.29 is 9.63 Å². The highest BCUT2D eigenvalue weighted by atomic mass is 79.9. The minimum atomic E-state index is 0.0725. The number of likely N-dealkylation sites (tertiary alicyclic amines) is 1. The minimum absolute atomic E-state index is 0.0725. The van der Waals surface area contributed by atoms with Crippen LogP contribution in [0, 0.1) is 0 Å². The number of benzene rings is 2. The summed E-state index contributed by atoms with van der Waals surface area (Å²) in [5.41, 5.74) is 4.54. The number of fused-ring (bicyclic) bond motifs is 2. The number of hydrogen-bond acceptors (Lipinski definition) is 4. The number of hydroxylamine groups is 2. The molecule has 1 saturated heterocycles. The lowest BCUT2D eigenvalue weighted by atomic mass is 10.0. The average Bonchev–Trinajstić information content (AvgIpc) is 3.21.